The summed E-state index contributed by atoms with van der Waals surface area (Å²) in [6, 6.07) is 7.39. The summed E-state index contributed by atoms with van der Waals surface area (Å²) >= 11 is 0. The third-order valence-corrected chi connectivity index (χ3v) is 4.16. The van der Waals surface area contributed by atoms with Crippen LogP contribution in [0.1, 0.15) is 30.5 Å². The molecule has 0 aliphatic heterocycles. The molecule has 0 saturated carbocycles. The normalized spacial score (nSPS) is 13.5. The van der Waals surface area contributed by atoms with Crippen molar-refractivity contribution >= 4 is 11.9 Å². The van der Waals surface area contributed by atoms with Crippen molar-refractivity contribution in [2.24, 2.45) is 11.5 Å². The largest absolute Gasteiger partial charge is 0.351 e. The highest BCUT2D eigenvalue weighted by Crippen LogP contribution is 2.19. The molecule has 7 nitrogen and oxygen atoms in total. The van der Waals surface area contributed by atoms with E-state index in [1.807, 2.05) is 31.3 Å². The minimum Gasteiger partial charge on any atom is -0.351 e. The average molecular weight is 335 g/mol. The molecule has 0 aliphatic rings. The van der Waals surface area contributed by atoms with Gasteiger partial charge in [-0.15, -0.1) is 0 Å². The van der Waals surface area contributed by atoms with E-state index >= 15 is 0 Å². The van der Waals surface area contributed by atoms with Crippen LogP contribution in [0.15, 0.2) is 24.3 Å². The molecule has 0 spiro atoms. The lowest BCUT2D eigenvalue weighted by Crippen LogP contribution is -2.41. The number of benzene rings is 1. The van der Waals surface area contributed by atoms with Gasteiger partial charge in [0.25, 0.3) is 0 Å². The van der Waals surface area contributed by atoms with Crippen LogP contribution in [0.2, 0.25) is 0 Å². The first-order valence-electron chi connectivity index (χ1n) is 8.16. The van der Waals surface area contributed by atoms with Crippen molar-refractivity contribution < 1.29 is 9.59 Å². The number of hydrogen-bond acceptors (Lipinski definition) is 5. The van der Waals surface area contributed by atoms with E-state index in [-0.39, 0.29) is 12.5 Å². The molecular weight excluding hydrogens is 306 g/mol. The number of imide groups is 1. The first-order valence-corrected chi connectivity index (χ1v) is 8.16. The van der Waals surface area contributed by atoms with Crippen LogP contribution in [0.3, 0.4) is 0 Å². The number of nitrogens with zero attached hydrogens (tertiary/aromatic N) is 1. The van der Waals surface area contributed by atoms with Crippen LogP contribution in [-0.4, -0.2) is 50.1 Å². The van der Waals surface area contributed by atoms with Gasteiger partial charge >= 0.3 is 6.03 Å². The third kappa shape index (κ3) is 6.27. The van der Waals surface area contributed by atoms with Crippen LogP contribution in [0.25, 0.3) is 0 Å². The number of rotatable bonds is 9. The van der Waals surface area contributed by atoms with Crippen molar-refractivity contribution in [2.75, 3.05) is 27.2 Å². The van der Waals surface area contributed by atoms with Gasteiger partial charge in [0.05, 0.1) is 6.42 Å². The van der Waals surface area contributed by atoms with Crippen LogP contribution in [0, 0.1) is 0 Å². The Balaban J connectivity index is 2.74. The summed E-state index contributed by atoms with van der Waals surface area (Å²) in [4.78, 5) is 24.4. The summed E-state index contributed by atoms with van der Waals surface area (Å²) in [5.74, 6) is -0.414. The Morgan fingerprint density at radius 1 is 1.25 bits per heavy atom. The Hall–Kier alpha value is -1.96. The predicted octanol–water partition coefficient (Wildman–Crippen LogP) is 0.354. The molecule has 0 radical (unpaired) electrons. The molecule has 0 heterocycles. The maximum atomic E-state index is 11.5. The molecule has 1 aromatic carbocycles. The lowest BCUT2D eigenvalue weighted by molar-refractivity contribution is -0.119. The van der Waals surface area contributed by atoms with E-state index in [1.165, 1.54) is 0 Å². The van der Waals surface area contributed by atoms with E-state index < -0.39 is 11.9 Å². The maximum Gasteiger partial charge on any atom is 0.318 e. The Bertz CT molecular complexity index is 528. The molecular formula is C17H29N5O2. The van der Waals surface area contributed by atoms with Crippen molar-refractivity contribution in [3.05, 3.63) is 35.4 Å². The minimum absolute atomic E-state index is 0.112. The van der Waals surface area contributed by atoms with Crippen LogP contribution in [-0.2, 0) is 11.2 Å². The molecule has 2 atom stereocenters. The fourth-order valence-corrected chi connectivity index (χ4v) is 2.69. The molecule has 0 bridgehead atoms. The highest BCUT2D eigenvalue weighted by atomic mass is 16.2. The van der Waals surface area contributed by atoms with E-state index in [9.17, 15) is 9.59 Å². The third-order valence-electron chi connectivity index (χ3n) is 4.16. The van der Waals surface area contributed by atoms with Gasteiger partial charge in [0, 0.05) is 25.2 Å². The number of likely N-dealkylation sites (N-methyl/N-ethyl adjacent to an activating group) is 2. The minimum atomic E-state index is -0.837. The molecule has 1 aromatic rings. The summed E-state index contributed by atoms with van der Waals surface area (Å²) in [5, 5.41) is 5.35. The standard InChI is InChI=1S/C17H29N5O2/c1-4-14(20-2)11-22(3)15(10-18)13-7-5-12(6-8-13)9-16(23)21-17(19)24/h5-8,14-15,20H,4,9-11,18H2,1-3H3,(H3,19,21,23,24). The molecule has 0 fully saturated rings. The van der Waals surface area contributed by atoms with Crippen LogP contribution in [0.5, 0.6) is 0 Å². The molecule has 3 amide bonds. The smallest absolute Gasteiger partial charge is 0.318 e. The second kappa shape index (κ2) is 10.0. The molecule has 0 saturated heterocycles. The molecule has 7 heteroatoms. The maximum absolute atomic E-state index is 11.5. The Kier molecular flexibility index (Phi) is 8.39. The van der Waals surface area contributed by atoms with Crippen molar-refractivity contribution in [2.45, 2.75) is 31.8 Å². The van der Waals surface area contributed by atoms with E-state index in [2.05, 4.69) is 29.5 Å². The number of carbonyl (C=O) groups excluding carboxylic acids is 2. The summed E-state index contributed by atoms with van der Waals surface area (Å²) < 4.78 is 0. The van der Waals surface area contributed by atoms with Gasteiger partial charge in [-0.25, -0.2) is 4.79 Å². The van der Waals surface area contributed by atoms with Crippen LogP contribution < -0.4 is 22.1 Å². The zero-order valence-corrected chi connectivity index (χ0v) is 14.7. The Labute approximate surface area is 143 Å². The van der Waals surface area contributed by atoms with E-state index in [0.717, 1.165) is 24.1 Å². The predicted molar refractivity (Wildman–Crippen MR) is 95.4 cm³/mol. The number of primary amides is 1. The lowest BCUT2D eigenvalue weighted by atomic mass is 10.0. The van der Waals surface area contributed by atoms with Crippen molar-refractivity contribution in [1.29, 1.82) is 0 Å². The average Bonchev–Trinajstić information content (AvgIpc) is 2.54. The molecule has 2 unspecified atom stereocenters. The molecule has 6 N–H and O–H groups in total. The SMILES string of the molecule is CCC(CN(C)C(CN)c1ccc(CC(=O)NC(N)=O)cc1)NC. The highest BCUT2D eigenvalue weighted by Gasteiger charge is 2.18. The van der Waals surface area contributed by atoms with Gasteiger partial charge in [-0.1, -0.05) is 31.2 Å². The van der Waals surface area contributed by atoms with E-state index in [4.69, 9.17) is 11.5 Å². The van der Waals surface area contributed by atoms with Gasteiger partial charge < -0.3 is 16.8 Å². The van der Waals surface area contributed by atoms with Gasteiger partial charge in [-0.2, -0.15) is 0 Å². The zero-order valence-electron chi connectivity index (χ0n) is 14.7. The summed E-state index contributed by atoms with van der Waals surface area (Å²) in [6.07, 6.45) is 1.16. The van der Waals surface area contributed by atoms with Crippen LogP contribution in [0.4, 0.5) is 4.79 Å². The highest BCUT2D eigenvalue weighted by molar-refractivity contribution is 5.94. The fraction of sp³-hybridized carbons (Fsp3) is 0.529. The van der Waals surface area contributed by atoms with Crippen molar-refractivity contribution in [1.82, 2.24) is 15.5 Å². The van der Waals surface area contributed by atoms with Gasteiger partial charge in [0.2, 0.25) is 5.91 Å². The summed E-state index contributed by atoms with van der Waals surface area (Å²) in [5.41, 5.74) is 12.8. The fourth-order valence-electron chi connectivity index (χ4n) is 2.69. The van der Waals surface area contributed by atoms with Crippen LogP contribution >= 0.6 is 0 Å². The number of nitrogens with two attached hydrogens (primary N) is 2. The number of urea groups is 1. The molecule has 0 aromatic heterocycles. The second-order valence-electron chi connectivity index (χ2n) is 5.92. The van der Waals surface area contributed by atoms with E-state index in [0.29, 0.717) is 12.6 Å². The summed E-state index contributed by atoms with van der Waals surface area (Å²) in [6.45, 7) is 3.56. The summed E-state index contributed by atoms with van der Waals surface area (Å²) in [7, 11) is 4.02. The van der Waals surface area contributed by atoms with E-state index in [1.54, 1.807) is 0 Å². The number of nitrogens with one attached hydrogen (secondary N) is 2. The van der Waals surface area contributed by atoms with Crippen molar-refractivity contribution in [3.63, 3.8) is 0 Å². The second-order valence-corrected chi connectivity index (χ2v) is 5.92. The lowest BCUT2D eigenvalue weighted by Gasteiger charge is -2.30. The molecule has 24 heavy (non-hydrogen) atoms. The zero-order chi connectivity index (χ0) is 18.1. The molecule has 0 aliphatic carbocycles. The van der Waals surface area contributed by atoms with Gasteiger partial charge in [0.15, 0.2) is 0 Å². The monoisotopic (exact) mass is 335 g/mol. The topological polar surface area (TPSA) is 113 Å². The Morgan fingerprint density at radius 3 is 2.33 bits per heavy atom. The van der Waals surface area contributed by atoms with Crippen molar-refractivity contribution in [3.8, 4) is 0 Å². The quantitative estimate of drug-likeness (QED) is 0.520. The number of carbonyl (C=O) groups is 2. The first-order chi connectivity index (χ1) is 11.4. The number of amides is 3. The Morgan fingerprint density at radius 2 is 1.88 bits per heavy atom. The first kappa shape index (κ1) is 20.1. The molecule has 1 rings (SSSR count). The van der Waals surface area contributed by atoms with Gasteiger partial charge in [0.1, 0.15) is 0 Å². The molecule has 134 valence electrons. The van der Waals surface area contributed by atoms with Gasteiger partial charge in [-0.05, 0) is 31.6 Å². The number of hydrogen-bond donors (Lipinski definition) is 4. The van der Waals surface area contributed by atoms with Gasteiger partial charge in [-0.3, -0.25) is 15.0 Å².